The number of carbonyl (C=O) groups excluding carboxylic acids is 2. The smallest absolute Gasteiger partial charge is 0.309 e. The lowest BCUT2D eigenvalue weighted by atomic mass is 9.33. The van der Waals surface area contributed by atoms with Crippen LogP contribution in [0.2, 0.25) is 0 Å². The number of likely N-dealkylation sites (N-methyl/N-ethyl adjacent to an activating group) is 1. The minimum absolute atomic E-state index is 0.0176. The lowest BCUT2D eigenvalue weighted by Crippen LogP contribution is -2.65. The molecule has 8 atom stereocenters. The molecule has 0 aromatic carbocycles. The predicted octanol–water partition coefficient (Wildman–Crippen LogP) is 8.03. The monoisotopic (exact) mass is 789 g/mol. The average Bonchev–Trinajstić information content (AvgIpc) is 3.66. The number of hydrogen-bond donors (Lipinski definition) is 2. The topological polar surface area (TPSA) is 149 Å². The molecule has 0 unspecified atom stereocenters. The Labute approximate surface area is 337 Å². The lowest BCUT2D eigenvalue weighted by Gasteiger charge is -2.72. The van der Waals surface area contributed by atoms with Crippen molar-refractivity contribution in [3.8, 4) is 11.6 Å². The van der Waals surface area contributed by atoms with E-state index in [1.165, 1.54) is 5.57 Å². The van der Waals surface area contributed by atoms with Gasteiger partial charge in [0.2, 0.25) is 5.82 Å². The largest absolute Gasteiger partial charge is 0.481 e. The molecular formula is C45H65FN6O5. The summed E-state index contributed by atoms with van der Waals surface area (Å²) in [6, 6.07) is 0. The molecule has 0 bridgehead atoms. The number of aliphatic carboxylic acids is 1. The van der Waals surface area contributed by atoms with Crippen molar-refractivity contribution in [1.82, 2.24) is 30.0 Å². The summed E-state index contributed by atoms with van der Waals surface area (Å²) in [6.07, 6.45) is 10.9. The van der Waals surface area contributed by atoms with Crippen LogP contribution in [-0.2, 0) is 32.1 Å². The molecule has 57 heavy (non-hydrogen) atoms. The molecule has 2 aromatic heterocycles. The first-order valence-corrected chi connectivity index (χ1v) is 21.4. The van der Waals surface area contributed by atoms with E-state index in [-0.39, 0.29) is 57.2 Å². The van der Waals surface area contributed by atoms with E-state index in [1.807, 2.05) is 7.05 Å². The molecule has 2 aromatic rings. The molecule has 312 valence electrons. The zero-order valence-electron chi connectivity index (χ0n) is 35.9. The van der Waals surface area contributed by atoms with Crippen LogP contribution in [0.4, 0.5) is 4.39 Å². The number of carbonyl (C=O) groups is 3. The Kier molecular flexibility index (Phi) is 10.5. The Hall–Kier alpha value is -3.54. The zero-order chi connectivity index (χ0) is 41.5. The molecule has 12 heteroatoms. The van der Waals surface area contributed by atoms with Gasteiger partial charge in [-0.25, -0.2) is 14.4 Å². The van der Waals surface area contributed by atoms with Gasteiger partial charge in [0.15, 0.2) is 17.4 Å². The summed E-state index contributed by atoms with van der Waals surface area (Å²) in [5, 5.41) is 22.2. The Bertz CT molecular complexity index is 1960. The maximum atomic E-state index is 14.3. The molecule has 0 amide bonds. The Morgan fingerprint density at radius 2 is 1.68 bits per heavy atom. The Morgan fingerprint density at radius 1 is 0.982 bits per heavy atom. The van der Waals surface area contributed by atoms with Crippen molar-refractivity contribution < 1.29 is 28.6 Å². The van der Waals surface area contributed by atoms with Crippen LogP contribution in [0, 0.1) is 62.0 Å². The van der Waals surface area contributed by atoms with E-state index < -0.39 is 23.2 Å². The molecule has 0 aliphatic heterocycles. The number of fused-ring (bicyclic) bond motifs is 7. The second kappa shape index (κ2) is 14.3. The second-order valence-corrected chi connectivity index (χ2v) is 20.8. The van der Waals surface area contributed by atoms with Crippen molar-refractivity contribution in [3.05, 3.63) is 35.2 Å². The highest BCUT2D eigenvalue weighted by Crippen LogP contribution is 2.77. The van der Waals surface area contributed by atoms with Crippen LogP contribution in [0.25, 0.3) is 11.6 Å². The van der Waals surface area contributed by atoms with Crippen LogP contribution in [-0.4, -0.2) is 67.3 Å². The van der Waals surface area contributed by atoms with Gasteiger partial charge in [0.25, 0.3) is 0 Å². The number of Topliss-reactive ketones (excluding diaryl/α,β-unsaturated/α-hetero) is 1. The first-order chi connectivity index (χ1) is 26.6. The molecule has 0 saturated heterocycles. The summed E-state index contributed by atoms with van der Waals surface area (Å²) < 4.78 is 22.1. The maximum Gasteiger partial charge on any atom is 0.309 e. The highest BCUT2D eigenvalue weighted by molar-refractivity contribution is 6.00. The maximum absolute atomic E-state index is 14.3. The molecule has 4 fully saturated rings. The van der Waals surface area contributed by atoms with Crippen LogP contribution in [0.5, 0.6) is 0 Å². The fraction of sp³-hybridized carbons (Fsp3) is 0.756. The third-order valence-corrected chi connectivity index (χ3v) is 16.7. The second-order valence-electron chi connectivity index (χ2n) is 20.8. The molecule has 11 nitrogen and oxygen atoms in total. The van der Waals surface area contributed by atoms with Gasteiger partial charge in [-0.15, -0.1) is 10.2 Å². The van der Waals surface area contributed by atoms with E-state index in [0.29, 0.717) is 49.4 Å². The van der Waals surface area contributed by atoms with Crippen LogP contribution in [0.1, 0.15) is 132 Å². The minimum Gasteiger partial charge on any atom is -0.481 e. The van der Waals surface area contributed by atoms with E-state index in [2.05, 4.69) is 73.4 Å². The van der Waals surface area contributed by atoms with Crippen molar-refractivity contribution in [2.45, 2.75) is 146 Å². The summed E-state index contributed by atoms with van der Waals surface area (Å²) >= 11 is 0. The molecule has 5 aliphatic carbocycles. The molecule has 4 saturated carbocycles. The molecule has 2 heterocycles. The van der Waals surface area contributed by atoms with E-state index >= 15 is 0 Å². The molecular weight excluding hydrogens is 724 g/mol. The first kappa shape index (κ1) is 41.6. The summed E-state index contributed by atoms with van der Waals surface area (Å²) in [4.78, 5) is 47.8. The summed E-state index contributed by atoms with van der Waals surface area (Å²) in [5.41, 5.74) is 0.695. The van der Waals surface area contributed by atoms with Crippen molar-refractivity contribution >= 4 is 17.7 Å². The first-order valence-electron chi connectivity index (χ1n) is 21.4. The normalized spacial score (nSPS) is 34.7. The van der Waals surface area contributed by atoms with Gasteiger partial charge in [-0.2, -0.15) is 0 Å². The standard InChI is InChI=1S/C45H65FN6O5/c1-26(2)35-29(53)21-45(22-33-50-51-38(52(33)20-19-47-10)37-48-24-27(46)25-49-37)18-17-43(8)28(36(35)45)11-12-31-42(7)15-14-32(57-34(54)23-40(3,4)39(55)56)41(5,6)30(42)13-16-44(31,43)9/h24-26,28,30-32,47H,11-23H2,1-10H3,(H,55,56)/t28-,30+,31-,32+,42+,43-,44-,45+/m1/s1. The number of carboxylic acids is 1. The van der Waals surface area contributed by atoms with Gasteiger partial charge in [-0.05, 0) is 118 Å². The van der Waals surface area contributed by atoms with Crippen molar-refractivity contribution in [1.29, 1.82) is 0 Å². The fourth-order valence-electron chi connectivity index (χ4n) is 13.6. The lowest BCUT2D eigenvalue weighted by molar-refractivity contribution is -0.233. The number of aromatic nitrogens is 5. The van der Waals surface area contributed by atoms with Crippen LogP contribution >= 0.6 is 0 Å². The van der Waals surface area contributed by atoms with Gasteiger partial charge < -0.3 is 19.7 Å². The number of nitrogens with one attached hydrogen (secondary N) is 1. The highest BCUT2D eigenvalue weighted by atomic mass is 19.1. The SMILES string of the molecule is CNCCn1c(C[C@@]23CC[C@]4(C)[C@H](CC[C@@H]5[C@@]6(C)CC[C@H](OC(=O)CC(C)(C)C(=O)O)C(C)(C)[C@@H]6CC[C@]54C)C2=C(C(C)C)C(=O)C3)nnc1-c1ncc(F)cn1. The van der Waals surface area contributed by atoms with Gasteiger partial charge in [-0.1, -0.05) is 54.0 Å². The Morgan fingerprint density at radius 3 is 2.33 bits per heavy atom. The number of hydrogen-bond acceptors (Lipinski definition) is 9. The number of carboxylic acid groups (broad SMARTS) is 1. The number of ketones is 1. The molecule has 2 N–H and O–H groups in total. The van der Waals surface area contributed by atoms with E-state index in [0.717, 1.165) is 75.2 Å². The van der Waals surface area contributed by atoms with Crippen LogP contribution in [0.15, 0.2) is 23.5 Å². The third-order valence-electron chi connectivity index (χ3n) is 16.7. The van der Waals surface area contributed by atoms with Crippen molar-refractivity contribution in [2.75, 3.05) is 13.6 Å². The van der Waals surface area contributed by atoms with Crippen LogP contribution in [0.3, 0.4) is 0 Å². The van der Waals surface area contributed by atoms with Gasteiger partial charge in [-0.3, -0.25) is 14.4 Å². The fourth-order valence-corrected chi connectivity index (χ4v) is 13.6. The summed E-state index contributed by atoms with van der Waals surface area (Å²) in [6.45, 7) is 21.0. The highest BCUT2D eigenvalue weighted by Gasteiger charge is 2.70. The molecule has 5 aliphatic rings. The van der Waals surface area contributed by atoms with Crippen molar-refractivity contribution in [3.63, 3.8) is 0 Å². The van der Waals surface area contributed by atoms with Gasteiger partial charge in [0.05, 0.1) is 24.2 Å². The Balaban J connectivity index is 1.20. The van der Waals surface area contributed by atoms with Gasteiger partial charge >= 0.3 is 11.9 Å². The van der Waals surface area contributed by atoms with E-state index in [9.17, 15) is 23.9 Å². The molecule has 0 spiro atoms. The predicted molar refractivity (Wildman–Crippen MR) is 214 cm³/mol. The third kappa shape index (κ3) is 6.49. The summed E-state index contributed by atoms with van der Waals surface area (Å²) in [5.74, 6) is 1.20. The number of nitrogens with zero attached hydrogens (tertiary/aromatic N) is 5. The number of esters is 1. The van der Waals surface area contributed by atoms with Crippen LogP contribution < -0.4 is 5.32 Å². The summed E-state index contributed by atoms with van der Waals surface area (Å²) in [7, 11) is 1.90. The number of rotatable bonds is 11. The number of ether oxygens (including phenoxy) is 1. The number of allylic oxidation sites excluding steroid dienone is 2. The average molecular weight is 789 g/mol. The number of halogens is 1. The zero-order valence-corrected chi connectivity index (χ0v) is 35.9. The van der Waals surface area contributed by atoms with Gasteiger partial charge in [0, 0.05) is 36.8 Å². The molecule has 0 radical (unpaired) electrons. The molecule has 7 rings (SSSR count). The quantitative estimate of drug-likeness (QED) is 0.214. The van der Waals surface area contributed by atoms with Crippen molar-refractivity contribution in [2.24, 2.45) is 56.2 Å². The minimum atomic E-state index is -1.18. The van der Waals surface area contributed by atoms with Gasteiger partial charge in [0.1, 0.15) is 11.9 Å². The van der Waals surface area contributed by atoms with E-state index in [4.69, 9.17) is 9.84 Å². The van der Waals surface area contributed by atoms with E-state index in [1.54, 1.807) is 13.8 Å².